The van der Waals surface area contributed by atoms with Crippen molar-refractivity contribution in [3.05, 3.63) is 68.7 Å². The molecule has 0 saturated heterocycles. The van der Waals surface area contributed by atoms with Crippen molar-refractivity contribution in [1.82, 2.24) is 24.3 Å². The molecule has 1 aliphatic carbocycles. The van der Waals surface area contributed by atoms with Crippen LogP contribution >= 0.6 is 23.1 Å². The van der Waals surface area contributed by atoms with Crippen molar-refractivity contribution in [3.63, 3.8) is 0 Å². The Morgan fingerprint density at radius 3 is 2.73 bits per heavy atom. The third-order valence-electron chi connectivity index (χ3n) is 6.09. The van der Waals surface area contributed by atoms with E-state index >= 15 is 0 Å². The average Bonchev–Trinajstić information content (AvgIpc) is 3.51. The van der Waals surface area contributed by atoms with Crippen LogP contribution in [-0.4, -0.2) is 24.3 Å². The molecule has 0 unspecified atom stereocenters. The number of thiophene rings is 1. The van der Waals surface area contributed by atoms with Crippen LogP contribution in [0.4, 0.5) is 0 Å². The Balaban J connectivity index is 1.48. The maximum atomic E-state index is 13.0. The fraction of sp³-hybridized carbons (Fsp3) is 0.375. The van der Waals surface area contributed by atoms with Crippen LogP contribution in [-0.2, 0) is 18.7 Å². The molecular weight excluding hydrogens is 452 g/mol. The molecule has 1 aromatic carbocycles. The van der Waals surface area contributed by atoms with Gasteiger partial charge >= 0.3 is 0 Å². The van der Waals surface area contributed by atoms with Gasteiger partial charge in [0.25, 0.3) is 5.56 Å². The van der Waals surface area contributed by atoms with E-state index in [9.17, 15) is 10.1 Å². The lowest BCUT2D eigenvalue weighted by atomic mass is 9.95. The van der Waals surface area contributed by atoms with E-state index in [-0.39, 0.29) is 12.1 Å². The van der Waals surface area contributed by atoms with Gasteiger partial charge in [0.2, 0.25) is 0 Å². The highest BCUT2D eigenvalue weighted by Crippen LogP contribution is 2.34. The van der Waals surface area contributed by atoms with E-state index in [4.69, 9.17) is 4.98 Å². The van der Waals surface area contributed by atoms with Crippen LogP contribution in [0.3, 0.4) is 0 Å². The normalized spacial score (nSPS) is 14.5. The van der Waals surface area contributed by atoms with Gasteiger partial charge in [-0.1, -0.05) is 49.2 Å². The predicted molar refractivity (Wildman–Crippen MR) is 130 cm³/mol. The Labute approximate surface area is 200 Å². The number of para-hydroxylation sites is 1. The maximum Gasteiger partial charge on any atom is 0.262 e. The van der Waals surface area contributed by atoms with Crippen LogP contribution in [0.15, 0.2) is 51.7 Å². The van der Waals surface area contributed by atoms with Gasteiger partial charge in [0.05, 0.1) is 22.7 Å². The smallest absolute Gasteiger partial charge is 0.262 e. The van der Waals surface area contributed by atoms with Gasteiger partial charge in [-0.05, 0) is 36.4 Å². The van der Waals surface area contributed by atoms with Crippen molar-refractivity contribution in [2.45, 2.75) is 62.0 Å². The fourth-order valence-corrected chi connectivity index (χ4v) is 6.16. The van der Waals surface area contributed by atoms with E-state index in [0.29, 0.717) is 28.5 Å². The van der Waals surface area contributed by atoms with Gasteiger partial charge in [-0.15, -0.1) is 21.5 Å². The van der Waals surface area contributed by atoms with Crippen molar-refractivity contribution in [1.29, 1.82) is 5.26 Å². The second-order valence-corrected chi connectivity index (χ2v) is 10.2. The lowest BCUT2D eigenvalue weighted by Crippen LogP contribution is -2.25. The van der Waals surface area contributed by atoms with Crippen molar-refractivity contribution >= 4 is 34.0 Å². The van der Waals surface area contributed by atoms with E-state index in [1.165, 1.54) is 28.7 Å². The van der Waals surface area contributed by atoms with Gasteiger partial charge in [-0.25, -0.2) is 4.98 Å². The van der Waals surface area contributed by atoms with Crippen LogP contribution in [0.5, 0.6) is 0 Å². The highest BCUT2D eigenvalue weighted by atomic mass is 32.2. The van der Waals surface area contributed by atoms with Crippen LogP contribution < -0.4 is 5.56 Å². The minimum absolute atomic E-state index is 0.0223. The summed E-state index contributed by atoms with van der Waals surface area (Å²) in [5, 5.41) is 21.9. The monoisotopic (exact) mass is 476 g/mol. The first kappa shape index (κ1) is 21.9. The van der Waals surface area contributed by atoms with Gasteiger partial charge in [0.1, 0.15) is 18.2 Å². The standard InChI is InChI=1S/C24H24N6OS2/c25-12-13-29-22(26-20-11-5-4-10-19(20)23(29)31)16-33-24-28-27-21(15-18-9-6-14-32-18)30(24)17-7-2-1-3-8-17/h4-6,9-11,14,17H,1-3,7-8,13,15-16H2. The number of rotatable bonds is 7. The average molecular weight is 477 g/mol. The minimum atomic E-state index is -0.176. The van der Waals surface area contributed by atoms with Gasteiger partial charge in [0.15, 0.2) is 5.16 Å². The zero-order chi connectivity index (χ0) is 22.6. The van der Waals surface area contributed by atoms with Gasteiger partial charge < -0.3 is 4.57 Å². The molecule has 7 nitrogen and oxygen atoms in total. The first-order valence-corrected chi connectivity index (χ1v) is 13.1. The predicted octanol–water partition coefficient (Wildman–Crippen LogP) is 4.96. The molecule has 3 aromatic heterocycles. The summed E-state index contributed by atoms with van der Waals surface area (Å²) in [6, 6.07) is 14.0. The summed E-state index contributed by atoms with van der Waals surface area (Å²) in [5.41, 5.74) is 0.476. The molecule has 0 spiro atoms. The second kappa shape index (κ2) is 9.89. The topological polar surface area (TPSA) is 89.4 Å². The molecular formula is C24H24N6OS2. The molecule has 1 fully saturated rings. The maximum absolute atomic E-state index is 13.0. The molecule has 4 aromatic rings. The number of benzene rings is 1. The van der Waals surface area contributed by atoms with Crippen LogP contribution in [0, 0.1) is 11.3 Å². The number of thioether (sulfide) groups is 1. The van der Waals surface area contributed by atoms with Gasteiger partial charge in [-0.2, -0.15) is 5.26 Å². The van der Waals surface area contributed by atoms with Crippen molar-refractivity contribution < 1.29 is 0 Å². The van der Waals surface area contributed by atoms with E-state index < -0.39 is 0 Å². The Morgan fingerprint density at radius 2 is 1.94 bits per heavy atom. The number of hydrogen-bond donors (Lipinski definition) is 0. The number of aromatic nitrogens is 5. The third-order valence-corrected chi connectivity index (χ3v) is 7.90. The van der Waals surface area contributed by atoms with Crippen molar-refractivity contribution in [2.75, 3.05) is 0 Å². The van der Waals surface area contributed by atoms with Crippen molar-refractivity contribution in [3.8, 4) is 6.07 Å². The first-order chi connectivity index (χ1) is 16.2. The Morgan fingerprint density at radius 1 is 1.09 bits per heavy atom. The number of hydrogen-bond acceptors (Lipinski definition) is 7. The molecule has 1 aliphatic rings. The Kier molecular flexibility index (Phi) is 6.55. The lowest BCUT2D eigenvalue weighted by Gasteiger charge is -2.25. The Hall–Kier alpha value is -2.96. The minimum Gasteiger partial charge on any atom is -0.303 e. The number of nitrogens with zero attached hydrogens (tertiary/aromatic N) is 6. The highest BCUT2D eigenvalue weighted by Gasteiger charge is 2.24. The molecule has 1 saturated carbocycles. The second-order valence-electron chi connectivity index (χ2n) is 8.20. The lowest BCUT2D eigenvalue weighted by molar-refractivity contribution is 0.330. The fourth-order valence-electron chi connectivity index (χ4n) is 4.49. The number of nitriles is 1. The summed E-state index contributed by atoms with van der Waals surface area (Å²) >= 11 is 3.28. The first-order valence-electron chi connectivity index (χ1n) is 11.2. The summed E-state index contributed by atoms with van der Waals surface area (Å²) in [5.74, 6) is 2.03. The molecule has 9 heteroatoms. The molecule has 0 atom stereocenters. The summed E-state index contributed by atoms with van der Waals surface area (Å²) in [7, 11) is 0. The zero-order valence-corrected chi connectivity index (χ0v) is 19.8. The molecule has 5 rings (SSSR count). The molecule has 0 aliphatic heterocycles. The third kappa shape index (κ3) is 4.59. The molecule has 0 bridgehead atoms. The summed E-state index contributed by atoms with van der Waals surface area (Å²) in [4.78, 5) is 19.0. The van der Waals surface area contributed by atoms with Gasteiger partial charge in [0, 0.05) is 17.3 Å². The molecule has 0 radical (unpaired) electrons. The Bertz CT molecular complexity index is 1350. The van der Waals surface area contributed by atoms with E-state index in [0.717, 1.165) is 30.2 Å². The van der Waals surface area contributed by atoms with Gasteiger partial charge in [-0.3, -0.25) is 9.36 Å². The zero-order valence-electron chi connectivity index (χ0n) is 18.2. The quantitative estimate of drug-likeness (QED) is 0.350. The molecule has 0 amide bonds. The van der Waals surface area contributed by atoms with Crippen LogP contribution in [0.2, 0.25) is 0 Å². The highest BCUT2D eigenvalue weighted by molar-refractivity contribution is 7.98. The van der Waals surface area contributed by atoms with E-state index in [1.54, 1.807) is 29.2 Å². The van der Waals surface area contributed by atoms with E-state index in [2.05, 4.69) is 38.3 Å². The van der Waals surface area contributed by atoms with Crippen LogP contribution in [0.1, 0.15) is 54.7 Å². The summed E-state index contributed by atoms with van der Waals surface area (Å²) in [6.45, 7) is -0.0223. The van der Waals surface area contributed by atoms with Crippen molar-refractivity contribution in [2.24, 2.45) is 0 Å². The summed E-state index contributed by atoms with van der Waals surface area (Å²) in [6.07, 6.45) is 6.77. The van der Waals surface area contributed by atoms with E-state index in [1.807, 2.05) is 18.2 Å². The summed E-state index contributed by atoms with van der Waals surface area (Å²) < 4.78 is 3.79. The SMILES string of the molecule is N#CCn1c(CSc2nnc(Cc3cccs3)n2C2CCCCC2)nc2ccccc2c1=O. The molecule has 33 heavy (non-hydrogen) atoms. The molecule has 3 heterocycles. The molecule has 0 N–H and O–H groups in total. The number of fused-ring (bicyclic) bond motifs is 1. The largest absolute Gasteiger partial charge is 0.303 e. The van der Waals surface area contributed by atoms with Crippen LogP contribution in [0.25, 0.3) is 10.9 Å². The molecule has 168 valence electrons.